The summed E-state index contributed by atoms with van der Waals surface area (Å²) in [6.45, 7) is 1.75. The maximum absolute atomic E-state index is 13.6. The van der Waals surface area contributed by atoms with Gasteiger partial charge < -0.3 is 10.6 Å². The van der Waals surface area contributed by atoms with Gasteiger partial charge in [0.05, 0.1) is 5.69 Å². The summed E-state index contributed by atoms with van der Waals surface area (Å²) in [4.78, 5) is 9.36. The van der Waals surface area contributed by atoms with E-state index in [1.54, 1.807) is 19.1 Å². The van der Waals surface area contributed by atoms with Gasteiger partial charge in [-0.15, -0.1) is 0 Å². The largest absolute Gasteiger partial charge is 0.351 e. The van der Waals surface area contributed by atoms with Gasteiger partial charge in [-0.05, 0) is 43.5 Å². The van der Waals surface area contributed by atoms with Crippen molar-refractivity contribution < 1.29 is 4.39 Å². The van der Waals surface area contributed by atoms with Crippen LogP contribution in [-0.2, 0) is 0 Å². The number of hydrogen-bond donors (Lipinski definition) is 2. The van der Waals surface area contributed by atoms with Crippen molar-refractivity contribution in [1.29, 1.82) is 0 Å². The van der Waals surface area contributed by atoms with Crippen molar-refractivity contribution >= 4 is 17.5 Å². The van der Waals surface area contributed by atoms with Crippen molar-refractivity contribution in [3.05, 3.63) is 66.0 Å². The molecule has 0 unspecified atom stereocenters. The van der Waals surface area contributed by atoms with Crippen molar-refractivity contribution in [2.45, 2.75) is 38.6 Å². The van der Waals surface area contributed by atoms with Gasteiger partial charge in [-0.2, -0.15) is 4.98 Å². The number of aryl methyl sites for hydroxylation is 1. The summed E-state index contributed by atoms with van der Waals surface area (Å²) in [6.07, 6.45) is 4.80. The molecule has 1 aromatic heterocycles. The van der Waals surface area contributed by atoms with Crippen LogP contribution in [0.5, 0.6) is 0 Å². The summed E-state index contributed by atoms with van der Waals surface area (Å²) < 4.78 is 13.6. The Bertz CT molecular complexity index is 921. The third kappa shape index (κ3) is 4.25. The lowest BCUT2D eigenvalue weighted by Crippen LogP contribution is -2.17. The van der Waals surface area contributed by atoms with E-state index in [2.05, 4.69) is 15.6 Å². The second-order valence-electron chi connectivity index (χ2n) is 7.04. The van der Waals surface area contributed by atoms with Gasteiger partial charge in [-0.3, -0.25) is 0 Å². The Balaban J connectivity index is 1.67. The van der Waals surface area contributed by atoms with Gasteiger partial charge in [0, 0.05) is 23.4 Å². The minimum absolute atomic E-state index is 0.211. The summed E-state index contributed by atoms with van der Waals surface area (Å²) >= 11 is 0. The minimum Gasteiger partial charge on any atom is -0.351 e. The molecule has 0 amide bonds. The molecule has 27 heavy (non-hydrogen) atoms. The standard InChI is InChI=1S/C22H23FN4/c1-15-13-18(11-12-19(15)23)24-21-14-20(16-7-3-2-4-8-16)26-22(27-21)25-17-9-5-6-10-17/h2-4,7-8,11-14,17H,5-6,9-10H2,1H3,(H2,24,25,26,27). The Morgan fingerprint density at radius 3 is 2.48 bits per heavy atom. The molecule has 1 aliphatic rings. The van der Waals surface area contributed by atoms with Gasteiger partial charge >= 0.3 is 0 Å². The number of nitrogens with zero attached hydrogens (tertiary/aromatic N) is 2. The second-order valence-corrected chi connectivity index (χ2v) is 7.04. The van der Waals surface area contributed by atoms with Crippen molar-refractivity contribution in [3.8, 4) is 11.3 Å². The maximum atomic E-state index is 13.6. The molecule has 2 N–H and O–H groups in total. The molecular formula is C22H23FN4. The van der Waals surface area contributed by atoms with E-state index in [1.807, 2.05) is 36.4 Å². The summed E-state index contributed by atoms with van der Waals surface area (Å²) in [5, 5.41) is 6.77. The first-order chi connectivity index (χ1) is 13.2. The predicted octanol–water partition coefficient (Wildman–Crippen LogP) is 5.69. The van der Waals surface area contributed by atoms with Gasteiger partial charge in [0.1, 0.15) is 11.6 Å². The van der Waals surface area contributed by atoms with Crippen LogP contribution < -0.4 is 10.6 Å². The lowest BCUT2D eigenvalue weighted by molar-refractivity contribution is 0.619. The van der Waals surface area contributed by atoms with Crippen molar-refractivity contribution in [3.63, 3.8) is 0 Å². The SMILES string of the molecule is Cc1cc(Nc2cc(-c3ccccc3)nc(NC3CCCC3)n2)ccc1F. The molecule has 1 fully saturated rings. The van der Waals surface area contributed by atoms with Gasteiger partial charge in [0.2, 0.25) is 5.95 Å². The molecule has 5 heteroatoms. The maximum Gasteiger partial charge on any atom is 0.225 e. The zero-order valence-electron chi connectivity index (χ0n) is 15.4. The van der Waals surface area contributed by atoms with E-state index in [-0.39, 0.29) is 5.82 Å². The van der Waals surface area contributed by atoms with E-state index in [4.69, 9.17) is 4.98 Å². The summed E-state index contributed by atoms with van der Waals surface area (Å²) in [7, 11) is 0. The van der Waals surface area contributed by atoms with Crippen molar-refractivity contribution in [2.75, 3.05) is 10.6 Å². The van der Waals surface area contributed by atoms with Crippen LogP contribution in [-0.4, -0.2) is 16.0 Å². The van der Waals surface area contributed by atoms with Crippen LogP contribution in [0.25, 0.3) is 11.3 Å². The molecule has 4 nitrogen and oxygen atoms in total. The average molecular weight is 362 g/mol. The molecule has 0 aliphatic heterocycles. The Morgan fingerprint density at radius 1 is 0.963 bits per heavy atom. The number of aromatic nitrogens is 2. The number of rotatable bonds is 5. The van der Waals surface area contributed by atoms with E-state index in [1.165, 1.54) is 18.9 Å². The first-order valence-electron chi connectivity index (χ1n) is 9.41. The summed E-state index contributed by atoms with van der Waals surface area (Å²) in [5.74, 6) is 1.11. The molecule has 0 radical (unpaired) electrons. The normalized spacial score (nSPS) is 14.3. The van der Waals surface area contributed by atoms with Crippen LogP contribution in [0.1, 0.15) is 31.2 Å². The number of halogens is 1. The summed E-state index contributed by atoms with van der Waals surface area (Å²) in [6, 6.07) is 17.4. The predicted molar refractivity (Wildman–Crippen MR) is 108 cm³/mol. The summed E-state index contributed by atoms with van der Waals surface area (Å²) in [5.41, 5.74) is 3.29. The van der Waals surface area contributed by atoms with Crippen molar-refractivity contribution in [2.24, 2.45) is 0 Å². The lowest BCUT2D eigenvalue weighted by Gasteiger charge is -2.15. The fourth-order valence-electron chi connectivity index (χ4n) is 3.46. The molecule has 0 atom stereocenters. The Morgan fingerprint density at radius 2 is 1.74 bits per heavy atom. The highest BCUT2D eigenvalue weighted by atomic mass is 19.1. The molecule has 4 rings (SSSR count). The van der Waals surface area contributed by atoms with Crippen LogP contribution in [0.2, 0.25) is 0 Å². The zero-order chi connectivity index (χ0) is 18.6. The smallest absolute Gasteiger partial charge is 0.225 e. The minimum atomic E-state index is -0.211. The van der Waals surface area contributed by atoms with Crippen LogP contribution in [0, 0.1) is 12.7 Å². The topological polar surface area (TPSA) is 49.8 Å². The monoisotopic (exact) mass is 362 g/mol. The quantitative estimate of drug-likeness (QED) is 0.612. The molecule has 1 heterocycles. The number of hydrogen-bond acceptors (Lipinski definition) is 4. The number of anilines is 3. The Kier molecular flexibility index (Phi) is 5.01. The first kappa shape index (κ1) is 17.5. The third-order valence-corrected chi connectivity index (χ3v) is 4.91. The average Bonchev–Trinajstić information content (AvgIpc) is 3.18. The number of nitrogens with one attached hydrogen (secondary N) is 2. The third-order valence-electron chi connectivity index (χ3n) is 4.91. The van der Waals surface area contributed by atoms with E-state index < -0.39 is 0 Å². The molecule has 138 valence electrons. The highest BCUT2D eigenvalue weighted by Gasteiger charge is 2.17. The lowest BCUT2D eigenvalue weighted by atomic mass is 10.1. The van der Waals surface area contributed by atoms with Gasteiger partial charge in [-0.1, -0.05) is 43.2 Å². The fourth-order valence-corrected chi connectivity index (χ4v) is 3.46. The van der Waals surface area contributed by atoms with Crippen molar-refractivity contribution in [1.82, 2.24) is 9.97 Å². The molecule has 3 aromatic rings. The fraction of sp³-hybridized carbons (Fsp3) is 0.273. The van der Waals surface area contributed by atoms with E-state index in [9.17, 15) is 4.39 Å². The van der Waals surface area contributed by atoms with Gasteiger partial charge in [0.15, 0.2) is 0 Å². The molecule has 1 saturated carbocycles. The molecule has 0 bridgehead atoms. The zero-order valence-corrected chi connectivity index (χ0v) is 15.4. The highest BCUT2D eigenvalue weighted by molar-refractivity contribution is 5.67. The molecule has 1 aliphatic carbocycles. The second kappa shape index (κ2) is 7.74. The Hall–Kier alpha value is -2.95. The van der Waals surface area contributed by atoms with Crippen LogP contribution in [0.4, 0.5) is 21.8 Å². The number of benzene rings is 2. The first-order valence-corrected chi connectivity index (χ1v) is 9.41. The molecular weight excluding hydrogens is 339 g/mol. The van der Waals surface area contributed by atoms with E-state index >= 15 is 0 Å². The van der Waals surface area contributed by atoms with Crippen LogP contribution >= 0.6 is 0 Å². The molecule has 0 saturated heterocycles. The molecule has 2 aromatic carbocycles. The van der Waals surface area contributed by atoms with Gasteiger partial charge in [0.25, 0.3) is 0 Å². The van der Waals surface area contributed by atoms with E-state index in [0.717, 1.165) is 29.8 Å². The highest BCUT2D eigenvalue weighted by Crippen LogP contribution is 2.26. The van der Waals surface area contributed by atoms with Gasteiger partial charge in [-0.25, -0.2) is 9.37 Å². The van der Waals surface area contributed by atoms with Crippen LogP contribution in [0.15, 0.2) is 54.6 Å². The molecule has 0 spiro atoms. The van der Waals surface area contributed by atoms with Crippen LogP contribution in [0.3, 0.4) is 0 Å². The van der Waals surface area contributed by atoms with E-state index in [0.29, 0.717) is 23.4 Å². The Labute approximate surface area is 158 Å².